The van der Waals surface area contributed by atoms with Crippen LogP contribution < -0.4 is 4.74 Å². The molecule has 3 fully saturated rings. The number of ether oxygens (including phenoxy) is 1. The van der Waals surface area contributed by atoms with E-state index in [4.69, 9.17) is 4.74 Å². The van der Waals surface area contributed by atoms with Gasteiger partial charge < -0.3 is 4.74 Å². The van der Waals surface area contributed by atoms with E-state index in [0.717, 1.165) is 82.5 Å². The second-order valence-corrected chi connectivity index (χ2v) is 32.1. The molecule has 3 saturated carbocycles. The van der Waals surface area contributed by atoms with E-state index in [1.54, 1.807) is 0 Å². The van der Waals surface area contributed by atoms with Gasteiger partial charge in [-0.2, -0.15) is 0 Å². The Morgan fingerprint density at radius 2 is 0.489 bits per heavy atom. The second-order valence-electron chi connectivity index (χ2n) is 32.1. The summed E-state index contributed by atoms with van der Waals surface area (Å²) < 4.78 is 5.85. The zero-order valence-electron chi connectivity index (χ0n) is 62.3. The van der Waals surface area contributed by atoms with Crippen molar-refractivity contribution < 1.29 is 4.74 Å². The third-order valence-electron chi connectivity index (χ3n) is 21.1. The first-order valence-corrected chi connectivity index (χ1v) is 36.5. The molecule has 0 heterocycles. The smallest absolute Gasteiger partial charge is 0.127 e. The van der Waals surface area contributed by atoms with Crippen LogP contribution in [0.1, 0.15) is 337 Å². The molecule has 88 heavy (non-hydrogen) atoms. The van der Waals surface area contributed by atoms with Crippen LogP contribution >= 0.6 is 0 Å². The molecule has 3 aliphatic rings. The maximum atomic E-state index is 5.85. The molecule has 4 unspecified atom stereocenters. The highest BCUT2D eigenvalue weighted by Crippen LogP contribution is 2.41. The van der Waals surface area contributed by atoms with Crippen LogP contribution in [0, 0.1) is 71.0 Å². The molecule has 0 aliphatic heterocycles. The van der Waals surface area contributed by atoms with Crippen LogP contribution in [0.25, 0.3) is 0 Å². The molecule has 8 rings (SSSR count). The molecular weight excluding hydrogens is 1060 g/mol. The lowest BCUT2D eigenvalue weighted by atomic mass is 9.69. The van der Waals surface area contributed by atoms with E-state index in [1.807, 2.05) is 24.3 Å². The maximum Gasteiger partial charge on any atom is 0.127 e. The highest BCUT2D eigenvalue weighted by atomic mass is 16.5. The van der Waals surface area contributed by atoms with E-state index < -0.39 is 0 Å². The molecular formula is C87H140O. The zero-order chi connectivity index (χ0) is 66.0. The van der Waals surface area contributed by atoms with Crippen LogP contribution in [0.4, 0.5) is 0 Å². The summed E-state index contributed by atoms with van der Waals surface area (Å²) in [4.78, 5) is 0. The highest BCUT2D eigenvalue weighted by Gasteiger charge is 2.30. The molecule has 0 radical (unpaired) electrons. The minimum atomic E-state index is 0.0466. The molecule has 5 aromatic carbocycles. The van der Waals surface area contributed by atoms with Gasteiger partial charge in [0, 0.05) is 5.41 Å². The summed E-state index contributed by atoms with van der Waals surface area (Å²) >= 11 is 0. The van der Waals surface area contributed by atoms with Gasteiger partial charge in [0.2, 0.25) is 0 Å². The van der Waals surface area contributed by atoms with Crippen molar-refractivity contribution in [2.24, 2.45) is 71.0 Å². The van der Waals surface area contributed by atoms with Gasteiger partial charge in [-0.3, -0.25) is 0 Å². The lowest BCUT2D eigenvalue weighted by Gasteiger charge is -2.37. The first-order chi connectivity index (χ1) is 41.3. The van der Waals surface area contributed by atoms with Gasteiger partial charge in [-0.1, -0.05) is 309 Å². The van der Waals surface area contributed by atoms with Crippen LogP contribution in [0.15, 0.2) is 121 Å². The largest absolute Gasteiger partial charge is 0.457 e. The average Bonchev–Trinajstić information content (AvgIpc) is 3.66. The van der Waals surface area contributed by atoms with E-state index in [2.05, 4.69) is 277 Å². The minimum absolute atomic E-state index is 0.0466. The fraction of sp³-hybridized carbons (Fsp3) is 0.655. The fourth-order valence-electron chi connectivity index (χ4n) is 13.8. The fourth-order valence-corrected chi connectivity index (χ4v) is 13.8. The molecule has 1 heteroatoms. The van der Waals surface area contributed by atoms with Crippen molar-refractivity contribution in [3.05, 3.63) is 166 Å². The van der Waals surface area contributed by atoms with Crippen molar-refractivity contribution >= 4 is 0 Å². The molecule has 494 valence electrons. The summed E-state index contributed by atoms with van der Waals surface area (Å²) in [5.41, 5.74) is 11.1. The molecule has 3 aliphatic carbocycles. The van der Waals surface area contributed by atoms with E-state index in [-0.39, 0.29) is 5.41 Å². The Bertz CT molecular complexity index is 2360. The van der Waals surface area contributed by atoms with Crippen LogP contribution in [-0.2, 0) is 5.41 Å². The van der Waals surface area contributed by atoms with Gasteiger partial charge in [-0.25, -0.2) is 0 Å². The third kappa shape index (κ3) is 27.0. The molecule has 4 atom stereocenters. The van der Waals surface area contributed by atoms with Crippen LogP contribution in [0.2, 0.25) is 0 Å². The topological polar surface area (TPSA) is 9.23 Å². The quantitative estimate of drug-likeness (QED) is 0.0957. The predicted molar refractivity (Wildman–Crippen MR) is 394 cm³/mol. The van der Waals surface area contributed by atoms with Crippen molar-refractivity contribution in [3.63, 3.8) is 0 Å². The van der Waals surface area contributed by atoms with Gasteiger partial charge in [0.1, 0.15) is 11.5 Å². The van der Waals surface area contributed by atoms with Crippen LogP contribution in [0.3, 0.4) is 0 Å². The van der Waals surface area contributed by atoms with E-state index in [0.29, 0.717) is 35.5 Å². The number of hydrogen-bond donors (Lipinski definition) is 0. The molecule has 0 N–H and O–H groups in total. The standard InChI is InChI=1S/C21H28.C18H22O.C12H24.C12H18.2C12H24/c1-15(2)17-7-11-19(12-8-17)21(5,6)20-13-9-18(10-14-20)16(3)4;1-13(2)15-5-9-17(10-6-15)19-18-11-7-16(8-12-18)14(3)4;2*1-9(2)11-5-7-12(8-6-11)10(3)4;1-9(2)11-6-5-7-12(8-11)10(3)4;1-9(2)11-7-5-6-8-12(11)10(3)4/h7-16H,1-6H3;5-14H,1-4H3;9-12H,5-8H2,1-4H3;5-10H,1-4H3;2*9-12H,5-8H2,1-4H3. The lowest BCUT2D eigenvalue weighted by molar-refractivity contribution is 0.136. The zero-order valence-corrected chi connectivity index (χ0v) is 62.3. The van der Waals surface area contributed by atoms with Crippen molar-refractivity contribution in [3.8, 4) is 11.5 Å². The summed E-state index contributed by atoms with van der Waals surface area (Å²) in [6.07, 6.45) is 17.8. The Balaban J connectivity index is 0.000000281. The molecule has 0 saturated heterocycles. The number of rotatable bonds is 16. The second kappa shape index (κ2) is 39.3. The lowest BCUT2D eigenvalue weighted by Crippen LogP contribution is -2.27. The summed E-state index contributed by atoms with van der Waals surface area (Å²) in [5.74, 6) is 16.9. The normalized spacial score (nSPS) is 19.7. The SMILES string of the molecule is CC(C)C1CCC(C(C)C)CC1.CC(C)C1CCCC(C(C)C)C1.CC(C)C1CCCCC1C(C)C.CC(C)c1ccc(C(C)(C)c2ccc(C(C)C)cc2)cc1.CC(C)c1ccc(C(C)C)cc1.CC(C)c1ccc(Oc2ccc(C(C)C)cc2)cc1. The van der Waals surface area contributed by atoms with Crippen molar-refractivity contribution in [2.45, 2.75) is 298 Å². The van der Waals surface area contributed by atoms with E-state index in [9.17, 15) is 0 Å². The Kier molecular flexibility index (Phi) is 34.9. The summed E-state index contributed by atoms with van der Waals surface area (Å²) in [5, 5.41) is 0. The predicted octanol–water partition coefficient (Wildman–Crippen LogP) is 28.2. The Hall–Kier alpha value is -4.10. The van der Waals surface area contributed by atoms with E-state index in [1.165, 1.54) is 122 Å². The Labute approximate surface area is 548 Å². The van der Waals surface area contributed by atoms with Gasteiger partial charge in [0.25, 0.3) is 0 Å². The van der Waals surface area contributed by atoms with Crippen molar-refractivity contribution in [1.82, 2.24) is 0 Å². The summed E-state index contributed by atoms with van der Waals surface area (Å²) in [7, 11) is 0. The third-order valence-corrected chi connectivity index (χ3v) is 21.1. The Morgan fingerprint density at radius 1 is 0.261 bits per heavy atom. The van der Waals surface area contributed by atoms with Gasteiger partial charge in [-0.05, 0) is 220 Å². The van der Waals surface area contributed by atoms with Gasteiger partial charge >= 0.3 is 0 Å². The van der Waals surface area contributed by atoms with Crippen molar-refractivity contribution in [2.75, 3.05) is 0 Å². The Morgan fingerprint density at radius 3 is 0.705 bits per heavy atom. The van der Waals surface area contributed by atoms with Crippen LogP contribution in [0.5, 0.6) is 11.5 Å². The van der Waals surface area contributed by atoms with Gasteiger partial charge in [-0.15, -0.1) is 0 Å². The van der Waals surface area contributed by atoms with Gasteiger partial charge in [0.15, 0.2) is 0 Å². The molecule has 5 aromatic rings. The molecule has 1 nitrogen and oxygen atoms in total. The molecule has 0 aromatic heterocycles. The molecule has 0 spiro atoms. The number of hydrogen-bond acceptors (Lipinski definition) is 1. The van der Waals surface area contributed by atoms with E-state index >= 15 is 0 Å². The summed E-state index contributed by atoms with van der Waals surface area (Å²) in [6.45, 7) is 59.9. The average molecular weight is 1200 g/mol. The highest BCUT2D eigenvalue weighted by molar-refractivity contribution is 5.41. The summed E-state index contributed by atoms with van der Waals surface area (Å²) in [6, 6.07) is 43.8. The first kappa shape index (κ1) is 78.1. The molecule has 0 amide bonds. The molecule has 0 bridgehead atoms. The van der Waals surface area contributed by atoms with Gasteiger partial charge in [0.05, 0.1) is 0 Å². The number of benzene rings is 5. The van der Waals surface area contributed by atoms with Crippen LogP contribution in [-0.4, -0.2) is 0 Å². The first-order valence-electron chi connectivity index (χ1n) is 36.5. The monoisotopic (exact) mass is 1200 g/mol. The van der Waals surface area contributed by atoms with Crippen molar-refractivity contribution in [1.29, 1.82) is 0 Å². The minimum Gasteiger partial charge on any atom is -0.457 e. The maximum absolute atomic E-state index is 5.85.